The molecular weight excluding hydrogens is 248 g/mol. The first-order chi connectivity index (χ1) is 9.72. The fourth-order valence-electron chi connectivity index (χ4n) is 2.10. The van der Waals surface area contributed by atoms with Crippen molar-refractivity contribution in [2.45, 2.75) is 20.1 Å². The minimum atomic E-state index is 0.616. The van der Waals surface area contributed by atoms with Crippen LogP contribution in [-0.4, -0.2) is 7.11 Å². The van der Waals surface area contributed by atoms with Gasteiger partial charge in [-0.05, 0) is 47.9 Å². The molecule has 0 saturated heterocycles. The average molecular weight is 266 g/mol. The van der Waals surface area contributed by atoms with Crippen LogP contribution in [0.4, 0.5) is 5.69 Å². The number of nitriles is 1. The molecule has 3 heteroatoms. The van der Waals surface area contributed by atoms with Gasteiger partial charge in [0.1, 0.15) is 0 Å². The van der Waals surface area contributed by atoms with Gasteiger partial charge in [-0.1, -0.05) is 18.2 Å². The molecule has 0 atom stereocenters. The van der Waals surface area contributed by atoms with Crippen LogP contribution in [-0.2, 0) is 17.9 Å². The molecule has 20 heavy (non-hydrogen) atoms. The molecule has 0 heterocycles. The Morgan fingerprint density at radius 1 is 1.20 bits per heavy atom. The third-order valence-electron chi connectivity index (χ3n) is 3.19. The molecule has 0 aliphatic rings. The van der Waals surface area contributed by atoms with E-state index in [2.05, 4.69) is 17.5 Å². The first-order valence-electron chi connectivity index (χ1n) is 6.54. The number of nitrogens with one attached hydrogen (secondary N) is 1. The zero-order valence-electron chi connectivity index (χ0n) is 11.8. The molecule has 102 valence electrons. The van der Waals surface area contributed by atoms with E-state index < -0.39 is 0 Å². The fourth-order valence-corrected chi connectivity index (χ4v) is 2.10. The number of nitrogens with zero attached hydrogens (tertiary/aromatic N) is 1. The lowest BCUT2D eigenvalue weighted by molar-refractivity contribution is 0.185. The van der Waals surface area contributed by atoms with E-state index >= 15 is 0 Å². The summed E-state index contributed by atoms with van der Waals surface area (Å²) in [5.41, 5.74) is 5.25. The summed E-state index contributed by atoms with van der Waals surface area (Å²) in [6.07, 6.45) is 0. The van der Waals surface area contributed by atoms with Gasteiger partial charge in [0.05, 0.1) is 18.2 Å². The van der Waals surface area contributed by atoms with Gasteiger partial charge >= 0.3 is 0 Å². The van der Waals surface area contributed by atoms with Gasteiger partial charge in [-0.25, -0.2) is 0 Å². The maximum Gasteiger partial charge on any atom is 0.0991 e. The van der Waals surface area contributed by atoms with Gasteiger partial charge < -0.3 is 10.1 Å². The van der Waals surface area contributed by atoms with Crippen molar-refractivity contribution in [1.82, 2.24) is 0 Å². The normalized spacial score (nSPS) is 10.1. The predicted octanol–water partition coefficient (Wildman–Crippen LogP) is 3.63. The number of ether oxygens (including phenoxy) is 1. The van der Waals surface area contributed by atoms with E-state index in [1.54, 1.807) is 7.11 Å². The number of methoxy groups -OCH3 is 1. The highest BCUT2D eigenvalue weighted by Gasteiger charge is 2.01. The molecule has 0 amide bonds. The topological polar surface area (TPSA) is 45.0 Å². The van der Waals surface area contributed by atoms with E-state index in [-0.39, 0.29) is 0 Å². The number of anilines is 1. The van der Waals surface area contributed by atoms with Crippen LogP contribution in [0.25, 0.3) is 0 Å². The van der Waals surface area contributed by atoms with E-state index in [0.29, 0.717) is 12.2 Å². The molecule has 0 aliphatic heterocycles. The van der Waals surface area contributed by atoms with Crippen molar-refractivity contribution in [2.24, 2.45) is 0 Å². The highest BCUT2D eigenvalue weighted by atomic mass is 16.5. The summed E-state index contributed by atoms with van der Waals surface area (Å²) in [7, 11) is 1.69. The molecule has 2 rings (SSSR count). The summed E-state index contributed by atoms with van der Waals surface area (Å²) in [5, 5.41) is 12.3. The van der Waals surface area contributed by atoms with Crippen LogP contribution >= 0.6 is 0 Å². The molecule has 2 aromatic rings. The predicted molar refractivity (Wildman–Crippen MR) is 80.4 cm³/mol. The maximum absolute atomic E-state index is 8.86. The zero-order chi connectivity index (χ0) is 14.4. The fraction of sp³-hybridized carbons (Fsp3) is 0.235. The zero-order valence-corrected chi connectivity index (χ0v) is 11.8. The second kappa shape index (κ2) is 6.74. The molecule has 0 saturated carbocycles. The summed E-state index contributed by atoms with van der Waals surface area (Å²) < 4.78 is 5.13. The van der Waals surface area contributed by atoms with Crippen LogP contribution in [0, 0.1) is 18.3 Å². The molecule has 1 N–H and O–H groups in total. The number of rotatable bonds is 5. The SMILES string of the molecule is COCc1cccc(NCc2ccc(C#N)cc2C)c1. The number of aryl methyl sites for hydroxylation is 1. The van der Waals surface area contributed by atoms with Gasteiger partial charge in [-0.15, -0.1) is 0 Å². The van der Waals surface area contributed by atoms with Gasteiger partial charge in [-0.3, -0.25) is 0 Å². The molecule has 0 bridgehead atoms. The Hall–Kier alpha value is -2.31. The molecular formula is C17H18N2O. The smallest absolute Gasteiger partial charge is 0.0991 e. The highest BCUT2D eigenvalue weighted by Crippen LogP contribution is 2.15. The Labute approximate surface area is 119 Å². The molecule has 2 aromatic carbocycles. The lowest BCUT2D eigenvalue weighted by Gasteiger charge is -2.10. The minimum Gasteiger partial charge on any atom is -0.381 e. The lowest BCUT2D eigenvalue weighted by Crippen LogP contribution is -2.02. The van der Waals surface area contributed by atoms with Crippen LogP contribution < -0.4 is 5.32 Å². The molecule has 0 aromatic heterocycles. The molecule has 0 radical (unpaired) electrons. The van der Waals surface area contributed by atoms with Crippen molar-refractivity contribution in [1.29, 1.82) is 5.26 Å². The summed E-state index contributed by atoms with van der Waals surface area (Å²) >= 11 is 0. The number of hydrogen-bond acceptors (Lipinski definition) is 3. The van der Waals surface area contributed by atoms with Crippen molar-refractivity contribution >= 4 is 5.69 Å². The Balaban J connectivity index is 2.05. The minimum absolute atomic E-state index is 0.616. The van der Waals surface area contributed by atoms with Crippen molar-refractivity contribution < 1.29 is 4.74 Å². The number of benzene rings is 2. The van der Waals surface area contributed by atoms with Crippen LogP contribution in [0.5, 0.6) is 0 Å². The molecule has 0 aliphatic carbocycles. The van der Waals surface area contributed by atoms with Crippen LogP contribution in [0.3, 0.4) is 0 Å². The molecule has 3 nitrogen and oxygen atoms in total. The monoisotopic (exact) mass is 266 g/mol. The first-order valence-corrected chi connectivity index (χ1v) is 6.54. The molecule has 0 spiro atoms. The summed E-state index contributed by atoms with van der Waals surface area (Å²) in [6.45, 7) is 3.39. The van der Waals surface area contributed by atoms with Crippen LogP contribution in [0.2, 0.25) is 0 Å². The van der Waals surface area contributed by atoms with Gasteiger partial charge in [-0.2, -0.15) is 5.26 Å². The van der Waals surface area contributed by atoms with Gasteiger partial charge in [0.2, 0.25) is 0 Å². The van der Waals surface area contributed by atoms with E-state index in [1.807, 2.05) is 43.3 Å². The third-order valence-corrected chi connectivity index (χ3v) is 3.19. The van der Waals surface area contributed by atoms with E-state index in [4.69, 9.17) is 10.00 Å². The van der Waals surface area contributed by atoms with Crippen LogP contribution in [0.1, 0.15) is 22.3 Å². The summed E-state index contributed by atoms with van der Waals surface area (Å²) in [4.78, 5) is 0. The lowest BCUT2D eigenvalue weighted by atomic mass is 10.1. The maximum atomic E-state index is 8.86. The standard InChI is InChI=1S/C17H18N2O/c1-13-8-14(10-18)6-7-16(13)11-19-17-5-3-4-15(9-17)12-20-2/h3-9,19H,11-12H2,1-2H3. The Kier molecular flexibility index (Phi) is 4.75. The van der Waals surface area contributed by atoms with Crippen molar-refractivity contribution in [2.75, 3.05) is 12.4 Å². The van der Waals surface area contributed by atoms with Gasteiger partial charge in [0.15, 0.2) is 0 Å². The largest absolute Gasteiger partial charge is 0.381 e. The van der Waals surface area contributed by atoms with Crippen molar-refractivity contribution in [3.63, 3.8) is 0 Å². The Bertz CT molecular complexity index is 629. The Morgan fingerprint density at radius 2 is 2.05 bits per heavy atom. The van der Waals surface area contributed by atoms with Crippen molar-refractivity contribution in [3.8, 4) is 6.07 Å². The first kappa shape index (κ1) is 14.1. The van der Waals surface area contributed by atoms with Gasteiger partial charge in [0.25, 0.3) is 0 Å². The third kappa shape index (κ3) is 3.59. The average Bonchev–Trinajstić information content (AvgIpc) is 2.46. The molecule has 0 unspecified atom stereocenters. The van der Waals surface area contributed by atoms with Crippen LogP contribution in [0.15, 0.2) is 42.5 Å². The molecule has 0 fully saturated rings. The Morgan fingerprint density at radius 3 is 2.75 bits per heavy atom. The summed E-state index contributed by atoms with van der Waals surface area (Å²) in [6, 6.07) is 16.1. The quantitative estimate of drug-likeness (QED) is 0.899. The van der Waals surface area contributed by atoms with E-state index in [1.165, 1.54) is 5.56 Å². The van der Waals surface area contributed by atoms with Gasteiger partial charge in [0, 0.05) is 19.3 Å². The second-order valence-corrected chi connectivity index (χ2v) is 4.74. The number of hydrogen-bond donors (Lipinski definition) is 1. The van der Waals surface area contributed by atoms with E-state index in [0.717, 1.165) is 23.4 Å². The summed E-state index contributed by atoms with van der Waals surface area (Å²) in [5.74, 6) is 0. The van der Waals surface area contributed by atoms with E-state index in [9.17, 15) is 0 Å². The second-order valence-electron chi connectivity index (χ2n) is 4.74. The highest BCUT2D eigenvalue weighted by molar-refractivity contribution is 5.47. The van der Waals surface area contributed by atoms with Crippen molar-refractivity contribution in [3.05, 3.63) is 64.7 Å².